The fraction of sp³-hybridized carbons (Fsp3) is 0.500. The van der Waals surface area contributed by atoms with Crippen molar-refractivity contribution in [1.82, 2.24) is 19.9 Å². The third-order valence-electron chi connectivity index (χ3n) is 7.21. The van der Waals surface area contributed by atoms with Gasteiger partial charge in [0.2, 0.25) is 5.95 Å². The average Bonchev–Trinajstić information content (AvgIpc) is 2.98. The molecule has 41 heavy (non-hydrogen) atoms. The Kier molecular flexibility index (Phi) is 11.0. The number of piperidine rings is 1. The summed E-state index contributed by atoms with van der Waals surface area (Å²) in [6.07, 6.45) is 8.94. The van der Waals surface area contributed by atoms with Crippen LogP contribution in [0.1, 0.15) is 60.6 Å². The van der Waals surface area contributed by atoms with Crippen LogP contribution in [0.2, 0.25) is 0 Å². The summed E-state index contributed by atoms with van der Waals surface area (Å²) in [5.74, 6) is 2.81. The molecule has 0 bridgehead atoms. The number of nitrogens with zero attached hydrogens (tertiary/aromatic N) is 6. The van der Waals surface area contributed by atoms with Crippen molar-refractivity contribution in [2.45, 2.75) is 57.7 Å². The van der Waals surface area contributed by atoms with Gasteiger partial charge in [0, 0.05) is 44.1 Å². The summed E-state index contributed by atoms with van der Waals surface area (Å²) < 4.78 is 10.6. The number of aromatic nitrogens is 4. The molecule has 1 aliphatic heterocycles. The number of hydrogen-bond acceptors (Lipinski definition) is 11. The molecule has 0 amide bonds. The summed E-state index contributed by atoms with van der Waals surface area (Å²) in [6, 6.07) is 9.88. The SMILES string of the molecule is CCOC(=O)c1cnc(SC)nc1N1CCCC(CCCCN(Cc2ccc(OC)cc2)c2nc(C)cc(N)n2)C1. The van der Waals surface area contributed by atoms with Crippen LogP contribution in [0.3, 0.4) is 0 Å². The first kappa shape index (κ1) is 30.4. The van der Waals surface area contributed by atoms with E-state index in [0.29, 0.717) is 47.4 Å². The van der Waals surface area contributed by atoms with E-state index in [0.717, 1.165) is 62.3 Å². The van der Waals surface area contributed by atoms with E-state index in [1.54, 1.807) is 19.4 Å². The van der Waals surface area contributed by atoms with Gasteiger partial charge in [-0.2, -0.15) is 4.98 Å². The molecule has 220 valence electrons. The number of unbranched alkanes of at least 4 members (excludes halogenated alkanes) is 1. The van der Waals surface area contributed by atoms with Gasteiger partial charge in [-0.15, -0.1) is 0 Å². The fourth-order valence-corrected chi connectivity index (χ4v) is 5.53. The van der Waals surface area contributed by atoms with Crippen molar-refractivity contribution < 1.29 is 14.3 Å². The average molecular weight is 580 g/mol. The molecule has 11 heteroatoms. The molecule has 2 N–H and O–H groups in total. The van der Waals surface area contributed by atoms with Gasteiger partial charge in [-0.25, -0.2) is 19.7 Å². The van der Waals surface area contributed by atoms with Crippen molar-refractivity contribution >= 4 is 35.3 Å². The lowest BCUT2D eigenvalue weighted by Crippen LogP contribution is -2.37. The number of ether oxygens (including phenoxy) is 2. The zero-order chi connectivity index (χ0) is 29.2. The second-order valence-corrected chi connectivity index (χ2v) is 11.0. The molecular formula is C30H41N7O3S. The molecule has 4 rings (SSSR count). The minimum Gasteiger partial charge on any atom is -0.497 e. The van der Waals surface area contributed by atoms with Crippen LogP contribution in [0.25, 0.3) is 0 Å². The van der Waals surface area contributed by atoms with Gasteiger partial charge in [-0.1, -0.05) is 30.3 Å². The van der Waals surface area contributed by atoms with E-state index >= 15 is 0 Å². The molecule has 0 saturated carbocycles. The Balaban J connectivity index is 1.39. The highest BCUT2D eigenvalue weighted by Crippen LogP contribution is 2.29. The number of rotatable bonds is 13. The molecule has 0 radical (unpaired) electrons. The minimum absolute atomic E-state index is 0.320. The number of carbonyl (C=O) groups excluding carboxylic acids is 1. The van der Waals surface area contributed by atoms with Crippen LogP contribution in [-0.4, -0.2) is 65.5 Å². The number of anilines is 3. The molecule has 1 atom stereocenters. The molecular weight excluding hydrogens is 538 g/mol. The van der Waals surface area contributed by atoms with Gasteiger partial charge < -0.3 is 25.0 Å². The Morgan fingerprint density at radius 3 is 2.71 bits per heavy atom. The van der Waals surface area contributed by atoms with Crippen LogP contribution in [0.4, 0.5) is 17.6 Å². The summed E-state index contributed by atoms with van der Waals surface area (Å²) in [4.78, 5) is 35.3. The van der Waals surface area contributed by atoms with Crippen molar-refractivity contribution in [3.63, 3.8) is 0 Å². The Morgan fingerprint density at radius 2 is 2.00 bits per heavy atom. The Hall–Kier alpha value is -3.60. The summed E-state index contributed by atoms with van der Waals surface area (Å²) >= 11 is 1.47. The van der Waals surface area contributed by atoms with E-state index in [-0.39, 0.29) is 5.97 Å². The number of nitrogen functional groups attached to an aromatic ring is 1. The lowest BCUT2D eigenvalue weighted by atomic mass is 9.92. The number of aryl methyl sites for hydroxylation is 1. The monoisotopic (exact) mass is 579 g/mol. The maximum absolute atomic E-state index is 12.6. The first-order valence-electron chi connectivity index (χ1n) is 14.2. The third kappa shape index (κ3) is 8.45. The zero-order valence-electron chi connectivity index (χ0n) is 24.5. The second kappa shape index (κ2) is 14.9. The molecule has 1 fully saturated rings. The van der Waals surface area contributed by atoms with Gasteiger partial charge in [-0.3, -0.25) is 0 Å². The highest BCUT2D eigenvalue weighted by atomic mass is 32.2. The van der Waals surface area contributed by atoms with Gasteiger partial charge in [-0.05, 0) is 69.4 Å². The number of carbonyl (C=O) groups is 1. The molecule has 0 aliphatic carbocycles. The summed E-state index contributed by atoms with van der Waals surface area (Å²) in [5, 5.41) is 0.658. The second-order valence-electron chi connectivity index (χ2n) is 10.3. The molecule has 1 saturated heterocycles. The van der Waals surface area contributed by atoms with Gasteiger partial charge in [0.1, 0.15) is 22.9 Å². The molecule has 0 spiro atoms. The first-order valence-corrected chi connectivity index (χ1v) is 15.4. The van der Waals surface area contributed by atoms with Gasteiger partial charge >= 0.3 is 5.97 Å². The van der Waals surface area contributed by atoms with Crippen LogP contribution in [0.5, 0.6) is 5.75 Å². The standard InChI is InChI=1S/C30H41N7O3S/c1-5-40-28(38)25-18-32-30(41-4)35-27(25)36-16-8-10-22(19-36)9-6-7-15-37(29-33-21(2)17-26(31)34-29)20-23-11-13-24(39-3)14-12-23/h11-14,17-18,22H,5-10,15-16,19-20H2,1-4H3,(H2,31,33,34). The predicted octanol–water partition coefficient (Wildman–Crippen LogP) is 5.16. The molecule has 3 aromatic rings. The molecule has 10 nitrogen and oxygen atoms in total. The number of hydrogen-bond donors (Lipinski definition) is 1. The molecule has 1 unspecified atom stereocenters. The number of methoxy groups -OCH3 is 1. The van der Waals surface area contributed by atoms with Crippen molar-refractivity contribution in [1.29, 1.82) is 0 Å². The zero-order valence-corrected chi connectivity index (χ0v) is 25.3. The number of esters is 1. The van der Waals surface area contributed by atoms with E-state index in [2.05, 4.69) is 36.9 Å². The van der Waals surface area contributed by atoms with Gasteiger partial charge in [0.05, 0.1) is 13.7 Å². The van der Waals surface area contributed by atoms with E-state index < -0.39 is 0 Å². The fourth-order valence-electron chi connectivity index (χ4n) is 5.20. The number of benzene rings is 1. The maximum Gasteiger partial charge on any atom is 0.343 e. The van der Waals surface area contributed by atoms with Gasteiger partial charge in [0.25, 0.3) is 0 Å². The van der Waals surface area contributed by atoms with E-state index in [4.69, 9.17) is 20.2 Å². The molecule has 1 aliphatic rings. The Labute approximate surface area is 247 Å². The number of nitrogens with two attached hydrogens (primary N) is 1. The lowest BCUT2D eigenvalue weighted by Gasteiger charge is -2.34. The summed E-state index contributed by atoms with van der Waals surface area (Å²) in [6.45, 7) is 7.31. The van der Waals surface area contributed by atoms with Crippen LogP contribution >= 0.6 is 11.8 Å². The van der Waals surface area contributed by atoms with Crippen LogP contribution < -0.4 is 20.3 Å². The van der Waals surface area contributed by atoms with Crippen molar-refractivity contribution in [3.05, 3.63) is 53.3 Å². The van der Waals surface area contributed by atoms with Crippen molar-refractivity contribution in [2.75, 3.05) is 55.1 Å². The molecule has 2 aromatic heterocycles. The first-order chi connectivity index (χ1) is 19.9. The topological polar surface area (TPSA) is 120 Å². The largest absolute Gasteiger partial charge is 0.497 e. The normalized spacial score (nSPS) is 15.0. The van der Waals surface area contributed by atoms with E-state index in [9.17, 15) is 4.79 Å². The highest BCUT2D eigenvalue weighted by Gasteiger charge is 2.26. The minimum atomic E-state index is -0.367. The highest BCUT2D eigenvalue weighted by molar-refractivity contribution is 7.98. The molecule has 3 heterocycles. The van der Waals surface area contributed by atoms with E-state index in [1.807, 2.05) is 32.2 Å². The third-order valence-corrected chi connectivity index (χ3v) is 7.77. The Morgan fingerprint density at radius 1 is 1.20 bits per heavy atom. The Bertz CT molecular complexity index is 1270. The molecule has 1 aromatic carbocycles. The smallest absolute Gasteiger partial charge is 0.343 e. The predicted molar refractivity (Wildman–Crippen MR) is 164 cm³/mol. The van der Waals surface area contributed by atoms with Gasteiger partial charge in [0.15, 0.2) is 5.16 Å². The van der Waals surface area contributed by atoms with Crippen molar-refractivity contribution in [3.8, 4) is 5.75 Å². The number of thioether (sulfide) groups is 1. The lowest BCUT2D eigenvalue weighted by molar-refractivity contribution is 0.0525. The maximum atomic E-state index is 12.6. The van der Waals surface area contributed by atoms with Crippen LogP contribution in [0, 0.1) is 12.8 Å². The summed E-state index contributed by atoms with van der Waals surface area (Å²) in [7, 11) is 1.67. The summed E-state index contributed by atoms with van der Waals surface area (Å²) in [5.41, 5.74) is 8.52. The quantitative estimate of drug-likeness (QED) is 0.125. The van der Waals surface area contributed by atoms with E-state index in [1.165, 1.54) is 18.2 Å². The van der Waals surface area contributed by atoms with Crippen molar-refractivity contribution in [2.24, 2.45) is 5.92 Å². The van der Waals surface area contributed by atoms with Crippen LogP contribution in [-0.2, 0) is 11.3 Å². The van der Waals surface area contributed by atoms with Crippen LogP contribution in [0.15, 0.2) is 41.7 Å².